The summed E-state index contributed by atoms with van der Waals surface area (Å²) in [4.78, 5) is 9.33. The molecule has 17 heavy (non-hydrogen) atoms. The summed E-state index contributed by atoms with van der Waals surface area (Å²) in [5.74, 6) is 1.03. The fourth-order valence-corrected chi connectivity index (χ4v) is 2.81. The number of aromatic nitrogens is 2. The van der Waals surface area contributed by atoms with Gasteiger partial charge >= 0.3 is 0 Å². The van der Waals surface area contributed by atoms with Crippen LogP contribution in [-0.4, -0.2) is 9.97 Å². The summed E-state index contributed by atoms with van der Waals surface area (Å²) in [5, 5.41) is 0. The van der Waals surface area contributed by atoms with E-state index < -0.39 is 0 Å². The third kappa shape index (κ3) is 1.86. The van der Waals surface area contributed by atoms with Gasteiger partial charge in [-0.25, -0.2) is 9.97 Å². The summed E-state index contributed by atoms with van der Waals surface area (Å²) in [6.45, 7) is 6.80. The lowest BCUT2D eigenvalue weighted by Gasteiger charge is -2.34. The Morgan fingerprint density at radius 3 is 2.65 bits per heavy atom. The molecule has 0 saturated heterocycles. The first-order valence-corrected chi connectivity index (χ1v) is 6.52. The molecule has 0 bridgehead atoms. The molecular weight excluding hydrogens is 210 g/mol. The minimum atomic E-state index is 0.106. The second-order valence-corrected chi connectivity index (χ2v) is 6.81. The molecule has 1 saturated carbocycles. The smallest absolute Gasteiger partial charge is 0.134 e. The van der Waals surface area contributed by atoms with Crippen LogP contribution in [0.15, 0.2) is 6.20 Å². The Balaban J connectivity index is 2.02. The van der Waals surface area contributed by atoms with Crippen LogP contribution in [0.5, 0.6) is 0 Å². The molecule has 3 rings (SSSR count). The normalized spacial score (nSPS) is 28.6. The van der Waals surface area contributed by atoms with E-state index in [0.29, 0.717) is 0 Å². The van der Waals surface area contributed by atoms with E-state index in [9.17, 15) is 0 Å². The second-order valence-electron chi connectivity index (χ2n) is 6.81. The Morgan fingerprint density at radius 2 is 2.00 bits per heavy atom. The van der Waals surface area contributed by atoms with Crippen molar-refractivity contribution in [3.63, 3.8) is 0 Å². The van der Waals surface area contributed by atoms with Gasteiger partial charge in [0.2, 0.25) is 0 Å². The predicted molar refractivity (Wildman–Crippen MR) is 67.6 cm³/mol. The van der Waals surface area contributed by atoms with Crippen LogP contribution in [0.4, 0.5) is 0 Å². The molecule has 2 N–H and O–H groups in total. The Kier molecular flexibility index (Phi) is 2.15. The van der Waals surface area contributed by atoms with Crippen LogP contribution in [-0.2, 0) is 11.8 Å². The minimum Gasteiger partial charge on any atom is -0.324 e. The number of nitrogens with zero attached hydrogens (tertiary/aromatic N) is 2. The first-order chi connectivity index (χ1) is 7.90. The molecule has 92 valence electrons. The molecule has 0 aromatic carbocycles. The molecule has 3 nitrogen and oxygen atoms in total. The molecule has 0 amide bonds. The maximum absolute atomic E-state index is 6.22. The van der Waals surface area contributed by atoms with E-state index in [2.05, 4.69) is 25.8 Å². The van der Waals surface area contributed by atoms with Crippen molar-refractivity contribution in [2.24, 2.45) is 11.1 Å². The van der Waals surface area contributed by atoms with Gasteiger partial charge in [0.15, 0.2) is 0 Å². The van der Waals surface area contributed by atoms with Crippen molar-refractivity contribution in [2.75, 3.05) is 0 Å². The van der Waals surface area contributed by atoms with Crippen LogP contribution in [0, 0.1) is 5.41 Å². The molecule has 3 heteroatoms. The summed E-state index contributed by atoms with van der Waals surface area (Å²) in [5.41, 5.74) is 9.08. The molecule has 2 aliphatic carbocycles. The molecule has 2 aliphatic rings. The SMILES string of the molecule is CC1(C)Cc2nc(C3(C)CC3)ncc2C(N)C1. The van der Waals surface area contributed by atoms with E-state index in [1.54, 1.807) is 0 Å². The zero-order chi connectivity index (χ0) is 12.3. The van der Waals surface area contributed by atoms with E-state index in [-0.39, 0.29) is 16.9 Å². The van der Waals surface area contributed by atoms with Crippen molar-refractivity contribution in [3.05, 3.63) is 23.3 Å². The van der Waals surface area contributed by atoms with Crippen LogP contribution >= 0.6 is 0 Å². The largest absolute Gasteiger partial charge is 0.324 e. The molecule has 1 aromatic rings. The van der Waals surface area contributed by atoms with Crippen molar-refractivity contribution in [3.8, 4) is 0 Å². The molecular formula is C14H21N3. The van der Waals surface area contributed by atoms with E-state index in [4.69, 9.17) is 10.7 Å². The molecule has 1 heterocycles. The number of rotatable bonds is 1. The molecule has 0 aliphatic heterocycles. The fraction of sp³-hybridized carbons (Fsp3) is 0.714. The topological polar surface area (TPSA) is 51.8 Å². The predicted octanol–water partition coefficient (Wildman–Crippen LogP) is 2.50. The highest BCUT2D eigenvalue weighted by molar-refractivity contribution is 5.29. The summed E-state index contributed by atoms with van der Waals surface area (Å²) < 4.78 is 0. The first-order valence-electron chi connectivity index (χ1n) is 6.52. The van der Waals surface area contributed by atoms with Gasteiger partial charge in [-0.05, 0) is 31.1 Å². The third-order valence-electron chi connectivity index (χ3n) is 4.26. The van der Waals surface area contributed by atoms with Gasteiger partial charge in [0.05, 0.1) is 0 Å². The third-order valence-corrected chi connectivity index (χ3v) is 4.26. The molecule has 1 fully saturated rings. The average molecular weight is 231 g/mol. The molecule has 1 unspecified atom stereocenters. The van der Waals surface area contributed by atoms with E-state index in [1.807, 2.05) is 6.20 Å². The van der Waals surface area contributed by atoms with Crippen molar-refractivity contribution in [1.29, 1.82) is 0 Å². The first kappa shape index (κ1) is 11.1. The van der Waals surface area contributed by atoms with Crippen LogP contribution < -0.4 is 5.73 Å². The van der Waals surface area contributed by atoms with Gasteiger partial charge in [0.1, 0.15) is 5.82 Å². The second kappa shape index (κ2) is 3.29. The van der Waals surface area contributed by atoms with Gasteiger partial charge in [-0.2, -0.15) is 0 Å². The van der Waals surface area contributed by atoms with Gasteiger partial charge in [-0.3, -0.25) is 0 Å². The van der Waals surface area contributed by atoms with Gasteiger partial charge in [0, 0.05) is 28.9 Å². The highest BCUT2D eigenvalue weighted by atomic mass is 14.9. The van der Waals surface area contributed by atoms with Crippen molar-refractivity contribution >= 4 is 0 Å². The summed E-state index contributed by atoms with van der Waals surface area (Å²) in [6, 6.07) is 0.106. The van der Waals surface area contributed by atoms with Gasteiger partial charge in [0.25, 0.3) is 0 Å². The molecule has 1 atom stereocenters. The van der Waals surface area contributed by atoms with Crippen molar-refractivity contribution < 1.29 is 0 Å². The van der Waals surface area contributed by atoms with Gasteiger partial charge in [-0.1, -0.05) is 20.8 Å². The number of nitrogens with two attached hydrogens (primary N) is 1. The van der Waals surface area contributed by atoms with Crippen molar-refractivity contribution in [1.82, 2.24) is 9.97 Å². The quantitative estimate of drug-likeness (QED) is 0.808. The van der Waals surface area contributed by atoms with E-state index in [1.165, 1.54) is 18.5 Å². The Bertz CT molecular complexity index is 461. The zero-order valence-corrected chi connectivity index (χ0v) is 11.0. The summed E-state index contributed by atoms with van der Waals surface area (Å²) >= 11 is 0. The molecule has 0 spiro atoms. The summed E-state index contributed by atoms with van der Waals surface area (Å²) in [7, 11) is 0. The monoisotopic (exact) mass is 231 g/mol. The van der Waals surface area contributed by atoms with E-state index in [0.717, 1.165) is 24.2 Å². The highest BCUT2D eigenvalue weighted by Crippen LogP contribution is 2.47. The lowest BCUT2D eigenvalue weighted by atomic mass is 9.74. The Morgan fingerprint density at radius 1 is 1.29 bits per heavy atom. The lowest BCUT2D eigenvalue weighted by molar-refractivity contribution is 0.277. The highest BCUT2D eigenvalue weighted by Gasteiger charge is 2.43. The van der Waals surface area contributed by atoms with Crippen LogP contribution in [0.1, 0.15) is 63.2 Å². The van der Waals surface area contributed by atoms with Crippen molar-refractivity contribution in [2.45, 2.75) is 57.9 Å². The van der Waals surface area contributed by atoms with Gasteiger partial charge in [-0.15, -0.1) is 0 Å². The van der Waals surface area contributed by atoms with E-state index >= 15 is 0 Å². The molecule has 0 radical (unpaired) electrons. The Labute approximate surface area is 103 Å². The maximum atomic E-state index is 6.22. The zero-order valence-electron chi connectivity index (χ0n) is 11.0. The van der Waals surface area contributed by atoms with Crippen LogP contribution in [0.2, 0.25) is 0 Å². The molecule has 1 aromatic heterocycles. The van der Waals surface area contributed by atoms with Crippen LogP contribution in [0.25, 0.3) is 0 Å². The fourth-order valence-electron chi connectivity index (χ4n) is 2.81. The number of hydrogen-bond acceptors (Lipinski definition) is 3. The van der Waals surface area contributed by atoms with Crippen LogP contribution in [0.3, 0.4) is 0 Å². The standard InChI is InChI=1S/C14H21N3/c1-13(2)6-10(15)9-8-16-12(14(3)4-5-14)17-11(9)7-13/h8,10H,4-7,15H2,1-3H3. The maximum Gasteiger partial charge on any atom is 0.134 e. The lowest BCUT2D eigenvalue weighted by Crippen LogP contribution is -2.31. The summed E-state index contributed by atoms with van der Waals surface area (Å²) in [6.07, 6.45) is 6.48. The van der Waals surface area contributed by atoms with Gasteiger partial charge < -0.3 is 5.73 Å². The number of hydrogen-bond donors (Lipinski definition) is 1. The minimum absolute atomic E-state index is 0.106. The number of fused-ring (bicyclic) bond motifs is 1. The average Bonchev–Trinajstić information content (AvgIpc) is 2.95. The Hall–Kier alpha value is -0.960.